The molecule has 1 aliphatic carbocycles. The molecule has 51 heavy (non-hydrogen) atoms. The standard InChI is InChI=1S/C48H32N2O/c1-3-12-31(13-4-1)32-22-24-33(25-23-32)36-26-27-45-42(28-36)47-39-20-10-9-19-38(39)41(29-46(47)51-45)44-30-43(35-15-5-2-6-16-35)49-48(50-44)40-21-11-17-34-14-7-8-18-37(34)40/h1-22,24,26-30H,23,25H2. The van der Waals surface area contributed by atoms with E-state index in [4.69, 9.17) is 14.4 Å². The van der Waals surface area contributed by atoms with E-state index in [1.165, 1.54) is 22.3 Å². The Morgan fingerprint density at radius 3 is 1.84 bits per heavy atom. The van der Waals surface area contributed by atoms with Crippen molar-refractivity contribution in [2.75, 3.05) is 0 Å². The molecule has 0 fully saturated rings. The second-order valence-corrected chi connectivity index (χ2v) is 13.3. The minimum Gasteiger partial charge on any atom is -0.456 e. The highest BCUT2D eigenvalue weighted by Gasteiger charge is 2.19. The van der Waals surface area contributed by atoms with Crippen LogP contribution in [0.2, 0.25) is 0 Å². The van der Waals surface area contributed by atoms with Crippen LogP contribution in [0.4, 0.5) is 0 Å². The normalized spacial score (nSPS) is 13.2. The molecule has 2 heterocycles. The smallest absolute Gasteiger partial charge is 0.161 e. The zero-order valence-corrected chi connectivity index (χ0v) is 27.9. The molecule has 10 rings (SSSR count). The summed E-state index contributed by atoms with van der Waals surface area (Å²) >= 11 is 0. The second-order valence-electron chi connectivity index (χ2n) is 13.3. The third-order valence-electron chi connectivity index (χ3n) is 10.2. The summed E-state index contributed by atoms with van der Waals surface area (Å²) in [4.78, 5) is 10.5. The van der Waals surface area contributed by atoms with Crippen molar-refractivity contribution >= 4 is 54.6 Å². The number of hydrogen-bond acceptors (Lipinski definition) is 3. The maximum atomic E-state index is 6.65. The molecule has 3 heteroatoms. The van der Waals surface area contributed by atoms with Crippen molar-refractivity contribution in [1.82, 2.24) is 9.97 Å². The summed E-state index contributed by atoms with van der Waals surface area (Å²) in [5.41, 5.74) is 11.8. The zero-order chi connectivity index (χ0) is 33.7. The first-order chi connectivity index (χ1) is 25.3. The first-order valence-corrected chi connectivity index (χ1v) is 17.5. The molecule has 0 bridgehead atoms. The first kappa shape index (κ1) is 29.3. The second kappa shape index (κ2) is 12.1. The first-order valence-electron chi connectivity index (χ1n) is 17.5. The molecule has 0 saturated heterocycles. The summed E-state index contributed by atoms with van der Waals surface area (Å²) in [7, 11) is 0. The summed E-state index contributed by atoms with van der Waals surface area (Å²) in [5.74, 6) is 0.701. The Kier molecular flexibility index (Phi) is 6.95. The fourth-order valence-electron chi connectivity index (χ4n) is 7.71. The monoisotopic (exact) mass is 652 g/mol. The average Bonchev–Trinajstić information content (AvgIpc) is 3.59. The van der Waals surface area contributed by atoms with Gasteiger partial charge in [-0.25, -0.2) is 9.97 Å². The highest BCUT2D eigenvalue weighted by molar-refractivity contribution is 6.22. The number of hydrogen-bond donors (Lipinski definition) is 0. The summed E-state index contributed by atoms with van der Waals surface area (Å²) in [5, 5.41) is 6.84. The fraction of sp³-hybridized carbons (Fsp3) is 0.0417. The van der Waals surface area contributed by atoms with E-state index in [0.29, 0.717) is 5.82 Å². The lowest BCUT2D eigenvalue weighted by Crippen LogP contribution is -1.97. The van der Waals surface area contributed by atoms with Crippen LogP contribution in [0, 0.1) is 0 Å². The van der Waals surface area contributed by atoms with Gasteiger partial charge in [0.2, 0.25) is 0 Å². The van der Waals surface area contributed by atoms with Gasteiger partial charge in [-0.1, -0.05) is 146 Å². The Hall–Kier alpha value is -6.58. The van der Waals surface area contributed by atoms with Crippen LogP contribution in [0.15, 0.2) is 174 Å². The molecule has 0 aliphatic heterocycles. The van der Waals surface area contributed by atoms with Crippen molar-refractivity contribution in [2.45, 2.75) is 12.8 Å². The predicted molar refractivity (Wildman–Crippen MR) is 212 cm³/mol. The van der Waals surface area contributed by atoms with Crippen molar-refractivity contribution in [2.24, 2.45) is 0 Å². The van der Waals surface area contributed by atoms with Crippen LogP contribution in [0.3, 0.4) is 0 Å². The quantitative estimate of drug-likeness (QED) is 0.186. The van der Waals surface area contributed by atoms with Gasteiger partial charge < -0.3 is 4.42 Å². The van der Waals surface area contributed by atoms with Gasteiger partial charge in [-0.15, -0.1) is 0 Å². The van der Waals surface area contributed by atoms with Gasteiger partial charge in [-0.05, 0) is 80.9 Å². The Labute approximate surface area is 295 Å². The number of furan rings is 1. The minimum absolute atomic E-state index is 0.701. The molecule has 240 valence electrons. The van der Waals surface area contributed by atoms with E-state index in [9.17, 15) is 0 Å². The van der Waals surface area contributed by atoms with Gasteiger partial charge in [0.25, 0.3) is 0 Å². The molecular formula is C48H32N2O. The molecule has 7 aromatic carbocycles. The molecule has 0 saturated carbocycles. The van der Waals surface area contributed by atoms with Crippen molar-refractivity contribution in [3.8, 4) is 33.9 Å². The Morgan fingerprint density at radius 2 is 1.06 bits per heavy atom. The molecule has 2 aromatic heterocycles. The van der Waals surface area contributed by atoms with Gasteiger partial charge in [0.1, 0.15) is 11.2 Å². The third kappa shape index (κ3) is 5.14. The van der Waals surface area contributed by atoms with E-state index < -0.39 is 0 Å². The molecule has 0 N–H and O–H groups in total. The molecule has 0 unspecified atom stereocenters. The van der Waals surface area contributed by atoms with E-state index in [-0.39, 0.29) is 0 Å². The van der Waals surface area contributed by atoms with E-state index in [2.05, 4.69) is 164 Å². The predicted octanol–water partition coefficient (Wildman–Crippen LogP) is 12.9. The molecule has 0 atom stereocenters. The summed E-state index contributed by atoms with van der Waals surface area (Å²) in [6, 6.07) is 55.4. The molecule has 0 spiro atoms. The van der Waals surface area contributed by atoms with Crippen LogP contribution in [0.25, 0.3) is 88.5 Å². The molecule has 0 amide bonds. The molecule has 1 aliphatic rings. The molecule has 0 radical (unpaired) electrons. The molecular weight excluding hydrogens is 621 g/mol. The van der Waals surface area contributed by atoms with Gasteiger partial charge in [0.05, 0.1) is 11.4 Å². The summed E-state index contributed by atoms with van der Waals surface area (Å²) in [6.45, 7) is 0. The number of fused-ring (bicyclic) bond motifs is 6. The van der Waals surface area contributed by atoms with Gasteiger partial charge in [0.15, 0.2) is 5.82 Å². The van der Waals surface area contributed by atoms with E-state index in [1.807, 2.05) is 6.07 Å². The third-order valence-corrected chi connectivity index (χ3v) is 10.2. The fourth-order valence-corrected chi connectivity index (χ4v) is 7.71. The van der Waals surface area contributed by atoms with Crippen LogP contribution in [0.5, 0.6) is 0 Å². The van der Waals surface area contributed by atoms with Crippen LogP contribution in [0.1, 0.15) is 24.0 Å². The van der Waals surface area contributed by atoms with E-state index >= 15 is 0 Å². The number of rotatable bonds is 5. The van der Waals surface area contributed by atoms with Crippen molar-refractivity contribution in [3.05, 3.63) is 181 Å². The Balaban J connectivity index is 1.15. The van der Waals surface area contributed by atoms with Crippen molar-refractivity contribution in [3.63, 3.8) is 0 Å². The number of nitrogens with zero attached hydrogens (tertiary/aromatic N) is 2. The van der Waals surface area contributed by atoms with Crippen LogP contribution in [-0.2, 0) is 0 Å². The minimum atomic E-state index is 0.701. The number of aromatic nitrogens is 2. The van der Waals surface area contributed by atoms with Gasteiger partial charge in [-0.2, -0.15) is 0 Å². The topological polar surface area (TPSA) is 38.9 Å². The highest BCUT2D eigenvalue weighted by Crippen LogP contribution is 2.42. The molecule has 3 nitrogen and oxygen atoms in total. The SMILES string of the molecule is C1=C(c2ccccc2)CCC(c2ccc3oc4cc(-c5cc(-c6ccccc6)nc(-c6cccc7ccccc67)n5)c5ccccc5c4c3c2)=C1. The van der Waals surface area contributed by atoms with Crippen molar-refractivity contribution < 1.29 is 4.42 Å². The van der Waals surface area contributed by atoms with Gasteiger partial charge >= 0.3 is 0 Å². The van der Waals surface area contributed by atoms with Crippen molar-refractivity contribution in [1.29, 1.82) is 0 Å². The van der Waals surface area contributed by atoms with E-state index in [1.54, 1.807) is 0 Å². The highest BCUT2D eigenvalue weighted by atomic mass is 16.3. The number of allylic oxidation sites excluding steroid dienone is 4. The zero-order valence-electron chi connectivity index (χ0n) is 27.9. The largest absolute Gasteiger partial charge is 0.456 e. The van der Waals surface area contributed by atoms with Gasteiger partial charge in [0, 0.05) is 27.5 Å². The lowest BCUT2D eigenvalue weighted by molar-refractivity contribution is 0.669. The number of benzene rings is 7. The van der Waals surface area contributed by atoms with Crippen LogP contribution >= 0.6 is 0 Å². The summed E-state index contributed by atoms with van der Waals surface area (Å²) in [6.07, 6.45) is 6.60. The maximum absolute atomic E-state index is 6.65. The van der Waals surface area contributed by atoms with Gasteiger partial charge in [-0.3, -0.25) is 0 Å². The summed E-state index contributed by atoms with van der Waals surface area (Å²) < 4.78 is 6.65. The lowest BCUT2D eigenvalue weighted by atomic mass is 9.89. The molecule has 9 aromatic rings. The Bertz CT molecular complexity index is 2840. The van der Waals surface area contributed by atoms with Crippen LogP contribution < -0.4 is 0 Å². The maximum Gasteiger partial charge on any atom is 0.161 e. The average molecular weight is 653 g/mol. The lowest BCUT2D eigenvalue weighted by Gasteiger charge is -2.15. The Morgan fingerprint density at radius 1 is 0.412 bits per heavy atom. The van der Waals surface area contributed by atoms with E-state index in [0.717, 1.165) is 84.4 Å². The van der Waals surface area contributed by atoms with Crippen LogP contribution in [-0.4, -0.2) is 9.97 Å².